The minimum atomic E-state index is -1.02. The lowest BCUT2D eigenvalue weighted by Crippen LogP contribution is -2.01. The Morgan fingerprint density at radius 3 is 2.61 bits per heavy atom. The standard InChI is InChI=1S/C17H19BrN2O3/c1-20-15(9-14(19-20)17(21)22)11-7-12(10-5-3-4-6-10)16(23-2)13(18)8-11/h7-10H,3-6H2,1-2H3,(H,21,22). The van der Waals surface area contributed by atoms with E-state index in [0.717, 1.165) is 34.3 Å². The van der Waals surface area contributed by atoms with E-state index in [1.807, 2.05) is 6.07 Å². The van der Waals surface area contributed by atoms with E-state index in [9.17, 15) is 4.79 Å². The molecule has 1 aliphatic carbocycles. The molecule has 0 spiro atoms. The molecule has 122 valence electrons. The highest BCUT2D eigenvalue weighted by atomic mass is 79.9. The van der Waals surface area contributed by atoms with Crippen molar-refractivity contribution < 1.29 is 14.6 Å². The summed E-state index contributed by atoms with van der Waals surface area (Å²) in [5.74, 6) is 0.352. The minimum absolute atomic E-state index is 0.0526. The van der Waals surface area contributed by atoms with Crippen molar-refractivity contribution in [3.05, 3.63) is 33.9 Å². The van der Waals surface area contributed by atoms with Crippen LogP contribution in [-0.2, 0) is 7.05 Å². The summed E-state index contributed by atoms with van der Waals surface area (Å²) < 4.78 is 8.08. The highest BCUT2D eigenvalue weighted by molar-refractivity contribution is 9.10. The first-order valence-electron chi connectivity index (χ1n) is 7.66. The van der Waals surface area contributed by atoms with Crippen LogP contribution >= 0.6 is 15.9 Å². The Kier molecular flexibility index (Phi) is 4.43. The van der Waals surface area contributed by atoms with Gasteiger partial charge in [-0.25, -0.2) is 4.79 Å². The summed E-state index contributed by atoms with van der Waals surface area (Å²) in [6.07, 6.45) is 4.81. The monoisotopic (exact) mass is 378 g/mol. The molecule has 0 unspecified atom stereocenters. The fraction of sp³-hybridized carbons (Fsp3) is 0.412. The summed E-state index contributed by atoms with van der Waals surface area (Å²) in [6.45, 7) is 0. The van der Waals surface area contributed by atoms with Gasteiger partial charge in [0.25, 0.3) is 0 Å². The Bertz CT molecular complexity index is 749. The number of nitrogens with zero attached hydrogens (tertiary/aromatic N) is 2. The topological polar surface area (TPSA) is 64.3 Å². The van der Waals surface area contributed by atoms with Crippen molar-refractivity contribution in [2.24, 2.45) is 7.05 Å². The quantitative estimate of drug-likeness (QED) is 0.864. The van der Waals surface area contributed by atoms with Gasteiger partial charge in [0.2, 0.25) is 0 Å². The Hall–Kier alpha value is -1.82. The largest absolute Gasteiger partial charge is 0.495 e. The Morgan fingerprint density at radius 1 is 1.35 bits per heavy atom. The first kappa shape index (κ1) is 16.1. The second-order valence-corrected chi connectivity index (χ2v) is 6.76. The smallest absolute Gasteiger partial charge is 0.356 e. The zero-order valence-electron chi connectivity index (χ0n) is 13.2. The number of hydrogen-bond acceptors (Lipinski definition) is 3. The van der Waals surface area contributed by atoms with Gasteiger partial charge < -0.3 is 9.84 Å². The van der Waals surface area contributed by atoms with Crippen LogP contribution in [0.4, 0.5) is 0 Å². The van der Waals surface area contributed by atoms with Gasteiger partial charge in [-0.15, -0.1) is 0 Å². The number of aromatic carboxylic acids is 1. The van der Waals surface area contributed by atoms with Crippen LogP contribution in [0.25, 0.3) is 11.3 Å². The van der Waals surface area contributed by atoms with Crippen LogP contribution < -0.4 is 4.74 Å². The summed E-state index contributed by atoms with van der Waals surface area (Å²) in [5.41, 5.74) is 2.97. The fourth-order valence-corrected chi connectivity index (χ4v) is 4.00. The van der Waals surface area contributed by atoms with Gasteiger partial charge in [-0.1, -0.05) is 12.8 Å². The van der Waals surface area contributed by atoms with Crippen LogP contribution in [0.1, 0.15) is 47.7 Å². The molecule has 1 saturated carbocycles. The van der Waals surface area contributed by atoms with E-state index in [1.54, 1.807) is 24.9 Å². The van der Waals surface area contributed by atoms with Gasteiger partial charge in [-0.05, 0) is 58.5 Å². The second kappa shape index (κ2) is 6.35. The summed E-state index contributed by atoms with van der Waals surface area (Å²) in [7, 11) is 3.44. The number of carboxylic acid groups (broad SMARTS) is 1. The van der Waals surface area contributed by atoms with E-state index in [-0.39, 0.29) is 5.69 Å². The molecule has 1 fully saturated rings. The molecule has 0 aliphatic heterocycles. The third kappa shape index (κ3) is 3.00. The van der Waals surface area contributed by atoms with Gasteiger partial charge in [0.1, 0.15) is 5.75 Å². The number of aryl methyl sites for hydroxylation is 1. The third-order valence-electron chi connectivity index (χ3n) is 4.47. The third-order valence-corrected chi connectivity index (χ3v) is 5.06. The molecule has 0 radical (unpaired) electrons. The number of rotatable bonds is 4. The van der Waals surface area contributed by atoms with Crippen molar-refractivity contribution in [2.75, 3.05) is 7.11 Å². The molecule has 0 amide bonds. The van der Waals surface area contributed by atoms with Gasteiger partial charge >= 0.3 is 5.97 Å². The highest BCUT2D eigenvalue weighted by Crippen LogP contribution is 2.44. The van der Waals surface area contributed by atoms with E-state index in [2.05, 4.69) is 27.1 Å². The molecule has 1 aromatic carbocycles. The molecule has 5 nitrogen and oxygen atoms in total. The molecule has 2 aromatic rings. The lowest BCUT2D eigenvalue weighted by molar-refractivity contribution is 0.0689. The lowest BCUT2D eigenvalue weighted by atomic mass is 9.94. The number of ether oxygens (including phenoxy) is 1. The van der Waals surface area contributed by atoms with Gasteiger partial charge in [0.05, 0.1) is 17.3 Å². The first-order chi connectivity index (χ1) is 11.0. The Balaban J connectivity index is 2.11. The summed E-state index contributed by atoms with van der Waals surface area (Å²) in [5, 5.41) is 13.2. The van der Waals surface area contributed by atoms with Crippen molar-refractivity contribution >= 4 is 21.9 Å². The van der Waals surface area contributed by atoms with Crippen molar-refractivity contribution in [1.82, 2.24) is 9.78 Å². The Morgan fingerprint density at radius 2 is 2.04 bits per heavy atom. The maximum absolute atomic E-state index is 11.1. The van der Waals surface area contributed by atoms with Crippen molar-refractivity contribution in [3.8, 4) is 17.0 Å². The van der Waals surface area contributed by atoms with Gasteiger partial charge in [-0.3, -0.25) is 4.68 Å². The van der Waals surface area contributed by atoms with E-state index in [4.69, 9.17) is 9.84 Å². The molecule has 3 rings (SSSR count). The van der Waals surface area contributed by atoms with Crippen LogP contribution in [-0.4, -0.2) is 28.0 Å². The van der Waals surface area contributed by atoms with Crippen molar-refractivity contribution in [2.45, 2.75) is 31.6 Å². The molecule has 23 heavy (non-hydrogen) atoms. The van der Waals surface area contributed by atoms with Crippen LogP contribution in [0.5, 0.6) is 5.75 Å². The molecule has 0 bridgehead atoms. The van der Waals surface area contributed by atoms with Crippen LogP contribution in [0.2, 0.25) is 0 Å². The van der Waals surface area contributed by atoms with Crippen molar-refractivity contribution in [3.63, 3.8) is 0 Å². The average Bonchev–Trinajstić information content (AvgIpc) is 3.15. The molecule has 1 aliphatic rings. The van der Waals surface area contributed by atoms with E-state index < -0.39 is 5.97 Å². The number of aromatic nitrogens is 2. The average molecular weight is 379 g/mol. The molecule has 0 atom stereocenters. The molecule has 1 aromatic heterocycles. The number of benzene rings is 1. The van der Waals surface area contributed by atoms with Gasteiger partial charge in [0, 0.05) is 12.6 Å². The maximum atomic E-state index is 11.1. The van der Waals surface area contributed by atoms with Crippen LogP contribution in [0, 0.1) is 0 Å². The van der Waals surface area contributed by atoms with E-state index in [0.29, 0.717) is 5.92 Å². The summed E-state index contributed by atoms with van der Waals surface area (Å²) in [6, 6.07) is 5.68. The summed E-state index contributed by atoms with van der Waals surface area (Å²) >= 11 is 3.59. The number of hydrogen-bond donors (Lipinski definition) is 1. The number of carbonyl (C=O) groups is 1. The lowest BCUT2D eigenvalue weighted by Gasteiger charge is -2.18. The molecule has 1 N–H and O–H groups in total. The molecular formula is C17H19BrN2O3. The molecule has 1 heterocycles. The SMILES string of the molecule is COc1c(Br)cc(-c2cc(C(=O)O)nn2C)cc1C1CCCC1. The fourth-order valence-electron chi connectivity index (χ4n) is 3.36. The Labute approximate surface area is 143 Å². The van der Waals surface area contributed by atoms with E-state index in [1.165, 1.54) is 18.4 Å². The molecule has 6 heteroatoms. The predicted octanol–water partition coefficient (Wildman–Crippen LogP) is 4.21. The van der Waals surface area contributed by atoms with Crippen LogP contribution in [0.15, 0.2) is 22.7 Å². The van der Waals surface area contributed by atoms with E-state index >= 15 is 0 Å². The number of methoxy groups -OCH3 is 1. The second-order valence-electron chi connectivity index (χ2n) is 5.91. The number of carboxylic acids is 1. The van der Waals surface area contributed by atoms with Crippen molar-refractivity contribution in [1.29, 1.82) is 0 Å². The maximum Gasteiger partial charge on any atom is 0.356 e. The molecular weight excluding hydrogens is 360 g/mol. The highest BCUT2D eigenvalue weighted by Gasteiger charge is 2.24. The normalized spacial score (nSPS) is 15.1. The summed E-state index contributed by atoms with van der Waals surface area (Å²) in [4.78, 5) is 11.1. The van der Waals surface area contributed by atoms with Gasteiger partial charge in [-0.2, -0.15) is 5.10 Å². The van der Waals surface area contributed by atoms with Crippen LogP contribution in [0.3, 0.4) is 0 Å². The zero-order chi connectivity index (χ0) is 16.6. The zero-order valence-corrected chi connectivity index (χ0v) is 14.8. The van der Waals surface area contributed by atoms with Gasteiger partial charge in [0.15, 0.2) is 5.69 Å². The minimum Gasteiger partial charge on any atom is -0.495 e. The number of halogens is 1. The first-order valence-corrected chi connectivity index (χ1v) is 8.45. The molecule has 0 saturated heterocycles. The predicted molar refractivity (Wildman–Crippen MR) is 91.1 cm³/mol.